The number of rotatable bonds is 4. The minimum absolute atomic E-state index is 1.01. The van der Waals surface area contributed by atoms with Crippen LogP contribution in [0.4, 0.5) is 0 Å². The standard InChI is InChI=1S/C12H14S/c1-2-3-7-10-13-11-12-8-5-4-6-9-12/h4-6,8-9H,7,10-11H2,1H3. The second-order valence-corrected chi connectivity index (χ2v) is 3.82. The zero-order chi connectivity index (χ0) is 9.36. The van der Waals surface area contributed by atoms with E-state index in [1.807, 2.05) is 18.7 Å². The van der Waals surface area contributed by atoms with Crippen LogP contribution in [0.15, 0.2) is 30.3 Å². The lowest BCUT2D eigenvalue weighted by atomic mass is 10.2. The molecule has 0 spiro atoms. The number of hydrogen-bond donors (Lipinski definition) is 0. The van der Waals surface area contributed by atoms with E-state index in [2.05, 4.69) is 42.2 Å². The zero-order valence-corrected chi connectivity index (χ0v) is 8.73. The van der Waals surface area contributed by atoms with E-state index in [0.29, 0.717) is 0 Å². The van der Waals surface area contributed by atoms with Gasteiger partial charge in [0, 0.05) is 17.9 Å². The normalized spacial score (nSPS) is 9.00. The van der Waals surface area contributed by atoms with Gasteiger partial charge in [-0.15, -0.1) is 11.8 Å². The van der Waals surface area contributed by atoms with Gasteiger partial charge in [-0.2, -0.15) is 11.8 Å². The van der Waals surface area contributed by atoms with Gasteiger partial charge in [0.05, 0.1) is 0 Å². The molecule has 0 nitrogen and oxygen atoms in total. The largest absolute Gasteiger partial charge is 0.156 e. The van der Waals surface area contributed by atoms with Gasteiger partial charge in [0.1, 0.15) is 0 Å². The highest BCUT2D eigenvalue weighted by Gasteiger charge is 1.90. The van der Waals surface area contributed by atoms with Gasteiger partial charge in [-0.3, -0.25) is 0 Å². The van der Waals surface area contributed by atoms with Gasteiger partial charge in [0.2, 0.25) is 0 Å². The van der Waals surface area contributed by atoms with Crippen molar-refractivity contribution in [1.82, 2.24) is 0 Å². The Morgan fingerprint density at radius 2 is 2.00 bits per heavy atom. The second kappa shape index (κ2) is 6.62. The molecule has 0 saturated heterocycles. The molecule has 0 aromatic heterocycles. The number of benzene rings is 1. The van der Waals surface area contributed by atoms with Gasteiger partial charge in [-0.25, -0.2) is 0 Å². The Hall–Kier alpha value is -0.870. The maximum absolute atomic E-state index is 3.06. The fraction of sp³-hybridized carbons (Fsp3) is 0.333. The average molecular weight is 190 g/mol. The molecule has 0 fully saturated rings. The van der Waals surface area contributed by atoms with Crippen molar-refractivity contribution in [1.29, 1.82) is 0 Å². The summed E-state index contributed by atoms with van der Waals surface area (Å²) in [6, 6.07) is 10.6. The lowest BCUT2D eigenvalue weighted by molar-refractivity contribution is 1.28. The summed E-state index contributed by atoms with van der Waals surface area (Å²) in [6.45, 7) is 1.89. The molecular weight excluding hydrogens is 176 g/mol. The molecule has 0 atom stereocenters. The first kappa shape index (κ1) is 10.2. The van der Waals surface area contributed by atoms with E-state index in [4.69, 9.17) is 0 Å². The molecule has 0 aliphatic rings. The quantitative estimate of drug-likeness (QED) is 0.518. The molecule has 0 unspecified atom stereocenters. The fourth-order valence-electron chi connectivity index (χ4n) is 1.01. The highest BCUT2D eigenvalue weighted by atomic mass is 32.2. The van der Waals surface area contributed by atoms with E-state index in [1.165, 1.54) is 5.56 Å². The van der Waals surface area contributed by atoms with Crippen LogP contribution < -0.4 is 0 Å². The van der Waals surface area contributed by atoms with Crippen molar-refractivity contribution in [2.24, 2.45) is 0 Å². The van der Waals surface area contributed by atoms with Crippen molar-refractivity contribution in [3.05, 3.63) is 35.9 Å². The van der Waals surface area contributed by atoms with Gasteiger partial charge in [0.25, 0.3) is 0 Å². The van der Waals surface area contributed by atoms with Crippen molar-refractivity contribution < 1.29 is 0 Å². The highest BCUT2D eigenvalue weighted by Crippen LogP contribution is 2.11. The van der Waals surface area contributed by atoms with Gasteiger partial charge in [-0.1, -0.05) is 30.3 Å². The van der Waals surface area contributed by atoms with Gasteiger partial charge < -0.3 is 0 Å². The lowest BCUT2D eigenvalue weighted by Gasteiger charge is -1.98. The molecule has 0 aliphatic heterocycles. The maximum atomic E-state index is 3.06. The van der Waals surface area contributed by atoms with Crippen LogP contribution in [-0.2, 0) is 5.75 Å². The van der Waals surface area contributed by atoms with Crippen LogP contribution >= 0.6 is 11.8 Å². The van der Waals surface area contributed by atoms with Gasteiger partial charge >= 0.3 is 0 Å². The molecule has 0 aliphatic carbocycles. The summed E-state index contributed by atoms with van der Waals surface area (Å²) in [5.41, 5.74) is 1.40. The van der Waals surface area contributed by atoms with Crippen LogP contribution in [0.3, 0.4) is 0 Å². The third-order valence-corrected chi connectivity index (χ3v) is 2.69. The van der Waals surface area contributed by atoms with Crippen LogP contribution in [0.2, 0.25) is 0 Å². The summed E-state index contributed by atoms with van der Waals surface area (Å²) < 4.78 is 0. The minimum Gasteiger partial charge on any atom is -0.156 e. The van der Waals surface area contributed by atoms with E-state index in [9.17, 15) is 0 Å². The van der Waals surface area contributed by atoms with Crippen molar-refractivity contribution in [2.45, 2.75) is 19.1 Å². The summed E-state index contributed by atoms with van der Waals surface area (Å²) in [4.78, 5) is 0. The first-order valence-electron chi connectivity index (χ1n) is 4.45. The predicted octanol–water partition coefficient (Wildman–Crippen LogP) is 3.33. The van der Waals surface area contributed by atoms with Crippen LogP contribution in [0.5, 0.6) is 0 Å². The van der Waals surface area contributed by atoms with Crippen LogP contribution in [-0.4, -0.2) is 5.75 Å². The predicted molar refractivity (Wildman–Crippen MR) is 60.7 cm³/mol. The fourth-order valence-corrected chi connectivity index (χ4v) is 1.83. The Balaban J connectivity index is 2.16. The Morgan fingerprint density at radius 3 is 2.69 bits per heavy atom. The third-order valence-electron chi connectivity index (χ3n) is 1.66. The topological polar surface area (TPSA) is 0 Å². The molecule has 0 amide bonds. The SMILES string of the molecule is CC#CCCSCc1ccccc1. The van der Waals surface area contributed by atoms with Crippen molar-refractivity contribution in [3.63, 3.8) is 0 Å². The maximum Gasteiger partial charge on any atom is 0.0184 e. The van der Waals surface area contributed by atoms with Crippen LogP contribution in [0.1, 0.15) is 18.9 Å². The lowest BCUT2D eigenvalue weighted by Crippen LogP contribution is -1.81. The molecule has 68 valence electrons. The summed E-state index contributed by atoms with van der Waals surface area (Å²) in [5.74, 6) is 8.20. The number of thioether (sulfide) groups is 1. The monoisotopic (exact) mass is 190 g/mol. The first-order valence-corrected chi connectivity index (χ1v) is 5.60. The molecule has 1 heteroatoms. The molecule has 0 heterocycles. The molecule has 13 heavy (non-hydrogen) atoms. The van der Waals surface area contributed by atoms with Crippen molar-refractivity contribution in [3.8, 4) is 11.8 Å². The molecule has 0 N–H and O–H groups in total. The van der Waals surface area contributed by atoms with Gasteiger partial charge in [-0.05, 0) is 12.5 Å². The Bertz CT molecular complexity index is 279. The Kier molecular flexibility index (Phi) is 5.20. The van der Waals surface area contributed by atoms with Crippen LogP contribution in [0, 0.1) is 11.8 Å². The molecule has 0 bridgehead atoms. The summed E-state index contributed by atoms with van der Waals surface area (Å²) in [5, 5.41) is 0. The highest BCUT2D eigenvalue weighted by molar-refractivity contribution is 7.98. The first-order chi connectivity index (χ1) is 6.43. The van der Waals surface area contributed by atoms with Gasteiger partial charge in [0.15, 0.2) is 0 Å². The van der Waals surface area contributed by atoms with E-state index in [-0.39, 0.29) is 0 Å². The van der Waals surface area contributed by atoms with E-state index >= 15 is 0 Å². The number of hydrogen-bond acceptors (Lipinski definition) is 1. The minimum atomic E-state index is 1.01. The van der Waals surface area contributed by atoms with E-state index < -0.39 is 0 Å². The van der Waals surface area contributed by atoms with Crippen molar-refractivity contribution in [2.75, 3.05) is 5.75 Å². The van der Waals surface area contributed by atoms with E-state index in [0.717, 1.165) is 17.9 Å². The van der Waals surface area contributed by atoms with Crippen molar-refractivity contribution >= 4 is 11.8 Å². The Morgan fingerprint density at radius 1 is 1.23 bits per heavy atom. The smallest absolute Gasteiger partial charge is 0.0184 e. The molecule has 1 rings (SSSR count). The van der Waals surface area contributed by atoms with E-state index in [1.54, 1.807) is 0 Å². The Labute approximate surface area is 84.7 Å². The molecule has 0 radical (unpaired) electrons. The molecular formula is C12H14S. The third kappa shape index (κ3) is 4.65. The zero-order valence-electron chi connectivity index (χ0n) is 7.92. The summed E-state index contributed by atoms with van der Waals surface area (Å²) in [6.07, 6.45) is 1.01. The second-order valence-electron chi connectivity index (χ2n) is 2.71. The summed E-state index contributed by atoms with van der Waals surface area (Å²) >= 11 is 1.94. The molecule has 1 aromatic rings. The average Bonchev–Trinajstić information content (AvgIpc) is 2.19. The molecule has 1 aromatic carbocycles. The summed E-state index contributed by atoms with van der Waals surface area (Å²) in [7, 11) is 0. The van der Waals surface area contributed by atoms with Crippen LogP contribution in [0.25, 0.3) is 0 Å². The molecule has 0 saturated carbocycles.